The number of fused-ring (bicyclic) bond motifs is 2. The van der Waals surface area contributed by atoms with E-state index < -0.39 is 0 Å². The van der Waals surface area contributed by atoms with Crippen LogP contribution >= 0.6 is 0 Å². The van der Waals surface area contributed by atoms with Crippen LogP contribution in [-0.4, -0.2) is 31.5 Å². The molecule has 1 aliphatic carbocycles. The number of imidazole rings is 1. The molecule has 2 aliphatic heterocycles. The quantitative estimate of drug-likeness (QED) is 0.522. The van der Waals surface area contributed by atoms with Crippen LogP contribution in [0.2, 0.25) is 0 Å². The number of halogens is 1. The maximum atomic E-state index is 13.3. The standard InChI is InChI=1S/C23H24FN5O/c24-16-3-8-19-20(14-16)28-21(27-19)9-10-22(30)26-17-4-6-18(7-5-17)29-13-1-2-15-11-12-25-23(15)29/h1-3,8,11-14,17-18H,4-7,9-10H2,(H,26,30)(H,27,28). The van der Waals surface area contributed by atoms with Gasteiger partial charge in [-0.25, -0.2) is 14.4 Å². The zero-order chi connectivity index (χ0) is 20.5. The minimum Gasteiger partial charge on any atom is -0.353 e. The number of rotatable bonds is 5. The molecule has 0 radical (unpaired) electrons. The van der Waals surface area contributed by atoms with Crippen molar-refractivity contribution < 1.29 is 9.18 Å². The first kappa shape index (κ1) is 18.8. The van der Waals surface area contributed by atoms with Crippen LogP contribution in [0.1, 0.15) is 44.0 Å². The van der Waals surface area contributed by atoms with E-state index in [2.05, 4.69) is 43.2 Å². The Morgan fingerprint density at radius 1 is 1.20 bits per heavy atom. The summed E-state index contributed by atoms with van der Waals surface area (Å²) in [5, 5.41) is 3.17. The Hall–Kier alpha value is -3.22. The number of nitrogens with one attached hydrogen (secondary N) is 2. The summed E-state index contributed by atoms with van der Waals surface area (Å²) in [6.07, 6.45) is 8.82. The van der Waals surface area contributed by atoms with E-state index in [1.54, 1.807) is 6.07 Å². The van der Waals surface area contributed by atoms with Crippen LogP contribution in [0.4, 0.5) is 4.39 Å². The molecule has 1 saturated carbocycles. The lowest BCUT2D eigenvalue weighted by Crippen LogP contribution is -2.38. The van der Waals surface area contributed by atoms with E-state index >= 15 is 0 Å². The van der Waals surface area contributed by atoms with Gasteiger partial charge in [-0.2, -0.15) is 0 Å². The van der Waals surface area contributed by atoms with Crippen LogP contribution in [0.5, 0.6) is 0 Å². The van der Waals surface area contributed by atoms with Gasteiger partial charge in [-0.05, 0) is 62.1 Å². The Kier molecular flexibility index (Phi) is 4.94. The van der Waals surface area contributed by atoms with Crippen molar-refractivity contribution >= 4 is 16.9 Å². The normalized spacial score (nSPS) is 19.4. The molecule has 30 heavy (non-hydrogen) atoms. The highest BCUT2D eigenvalue weighted by Gasteiger charge is 2.25. The van der Waals surface area contributed by atoms with Gasteiger partial charge in [0.1, 0.15) is 17.5 Å². The number of pyridine rings is 1. The van der Waals surface area contributed by atoms with Crippen LogP contribution in [0, 0.1) is 5.82 Å². The number of hydrogen-bond donors (Lipinski definition) is 2. The third-order valence-electron chi connectivity index (χ3n) is 6.01. The number of aromatic amines is 1. The van der Waals surface area contributed by atoms with Crippen molar-refractivity contribution in [2.75, 3.05) is 0 Å². The molecule has 0 saturated heterocycles. The van der Waals surface area contributed by atoms with Crippen LogP contribution < -0.4 is 5.32 Å². The monoisotopic (exact) mass is 405 g/mol. The van der Waals surface area contributed by atoms with Gasteiger partial charge in [-0.15, -0.1) is 0 Å². The van der Waals surface area contributed by atoms with Crippen molar-refractivity contribution in [3.8, 4) is 11.4 Å². The second-order valence-corrected chi connectivity index (χ2v) is 8.06. The summed E-state index contributed by atoms with van der Waals surface area (Å²) in [5.74, 6) is 1.49. The molecular weight excluding hydrogens is 381 g/mol. The van der Waals surface area contributed by atoms with E-state index in [0.717, 1.165) is 37.0 Å². The van der Waals surface area contributed by atoms with Crippen molar-refractivity contribution in [2.45, 2.75) is 50.6 Å². The van der Waals surface area contributed by atoms with Crippen molar-refractivity contribution in [2.24, 2.45) is 0 Å². The lowest BCUT2D eigenvalue weighted by molar-refractivity contribution is -0.122. The van der Waals surface area contributed by atoms with Gasteiger partial charge in [0.2, 0.25) is 5.91 Å². The van der Waals surface area contributed by atoms with Crippen molar-refractivity contribution in [1.82, 2.24) is 24.8 Å². The highest BCUT2D eigenvalue weighted by molar-refractivity contribution is 5.77. The van der Waals surface area contributed by atoms with Gasteiger partial charge >= 0.3 is 0 Å². The molecule has 5 rings (SSSR count). The Labute approximate surface area is 173 Å². The van der Waals surface area contributed by atoms with Gasteiger partial charge in [-0.3, -0.25) is 4.79 Å². The number of nitrogens with zero attached hydrogens (tertiary/aromatic N) is 3. The molecule has 0 atom stereocenters. The summed E-state index contributed by atoms with van der Waals surface area (Å²) in [4.78, 5) is 24.4. The first-order valence-corrected chi connectivity index (χ1v) is 10.5. The topological polar surface area (TPSA) is 75.6 Å². The summed E-state index contributed by atoms with van der Waals surface area (Å²) >= 11 is 0. The van der Waals surface area contributed by atoms with Crippen molar-refractivity contribution in [3.05, 3.63) is 60.4 Å². The second kappa shape index (κ2) is 7.89. The number of hydrogen-bond acceptors (Lipinski definition) is 3. The van der Waals surface area contributed by atoms with Crippen molar-refractivity contribution in [1.29, 1.82) is 0 Å². The summed E-state index contributed by atoms with van der Waals surface area (Å²) < 4.78 is 15.6. The average molecular weight is 405 g/mol. The summed E-state index contributed by atoms with van der Waals surface area (Å²) in [5.41, 5.74) is 2.55. The third-order valence-corrected chi connectivity index (χ3v) is 6.01. The molecule has 1 amide bonds. The number of benzene rings is 1. The molecule has 0 bridgehead atoms. The van der Waals surface area contributed by atoms with Crippen LogP contribution in [0.25, 0.3) is 22.4 Å². The smallest absolute Gasteiger partial charge is 0.220 e. The summed E-state index contributed by atoms with van der Waals surface area (Å²) in [6.45, 7) is 0. The predicted molar refractivity (Wildman–Crippen MR) is 113 cm³/mol. The van der Waals surface area contributed by atoms with Gasteiger partial charge in [0.25, 0.3) is 0 Å². The maximum Gasteiger partial charge on any atom is 0.220 e. The molecule has 2 N–H and O–H groups in total. The Morgan fingerprint density at radius 3 is 2.93 bits per heavy atom. The molecule has 0 unspecified atom stereocenters. The maximum absolute atomic E-state index is 13.3. The van der Waals surface area contributed by atoms with Gasteiger partial charge in [-0.1, -0.05) is 0 Å². The first-order valence-electron chi connectivity index (χ1n) is 10.5. The molecule has 3 aliphatic rings. The fourth-order valence-corrected chi connectivity index (χ4v) is 4.47. The van der Waals surface area contributed by atoms with E-state index in [-0.39, 0.29) is 17.8 Å². The zero-order valence-corrected chi connectivity index (χ0v) is 16.6. The highest BCUT2D eigenvalue weighted by Crippen LogP contribution is 2.32. The SMILES string of the molecule is O=C(CCc1nc2ccc(F)cc2[nH]1)NC1CCC(n2cccc3ccnc2-3)CC1. The van der Waals surface area contributed by atoms with E-state index in [1.165, 1.54) is 17.7 Å². The van der Waals surface area contributed by atoms with Gasteiger partial charge in [0.15, 0.2) is 0 Å². The second-order valence-electron chi connectivity index (χ2n) is 8.06. The van der Waals surface area contributed by atoms with Gasteiger partial charge in [0, 0.05) is 42.9 Å². The molecule has 3 heterocycles. The number of aromatic nitrogens is 4. The number of aryl methyl sites for hydroxylation is 1. The molecule has 1 aromatic carbocycles. The number of carbonyl (C=O) groups is 1. The van der Waals surface area contributed by atoms with Crippen LogP contribution in [0.3, 0.4) is 0 Å². The highest BCUT2D eigenvalue weighted by atomic mass is 19.1. The molecule has 2 aromatic rings. The Balaban J connectivity index is 1.13. The Bertz CT molecular complexity index is 1140. The van der Waals surface area contributed by atoms with Gasteiger partial charge < -0.3 is 14.9 Å². The molecule has 6 nitrogen and oxygen atoms in total. The van der Waals surface area contributed by atoms with Crippen LogP contribution in [0.15, 0.2) is 48.8 Å². The third kappa shape index (κ3) is 3.79. The van der Waals surface area contributed by atoms with Gasteiger partial charge in [0.05, 0.1) is 11.0 Å². The predicted octanol–water partition coefficient (Wildman–Crippen LogP) is 4.24. The van der Waals surface area contributed by atoms with E-state index in [4.69, 9.17) is 0 Å². The Morgan fingerprint density at radius 2 is 2.07 bits per heavy atom. The lowest BCUT2D eigenvalue weighted by Gasteiger charge is -2.31. The number of amides is 1. The number of carbonyl (C=O) groups excluding carboxylic acids is 1. The molecule has 7 heteroatoms. The zero-order valence-electron chi connectivity index (χ0n) is 16.6. The van der Waals surface area contributed by atoms with Crippen molar-refractivity contribution in [3.63, 3.8) is 0 Å². The molecule has 0 spiro atoms. The van der Waals surface area contributed by atoms with E-state index in [1.807, 2.05) is 12.3 Å². The largest absolute Gasteiger partial charge is 0.353 e. The molecule has 1 fully saturated rings. The lowest BCUT2D eigenvalue weighted by atomic mass is 9.90. The minimum absolute atomic E-state index is 0.0394. The van der Waals surface area contributed by atoms with E-state index in [0.29, 0.717) is 30.2 Å². The summed E-state index contributed by atoms with van der Waals surface area (Å²) in [7, 11) is 0. The molecule has 154 valence electrons. The minimum atomic E-state index is -0.297. The molecular formula is C23H24FN5O. The number of H-pyrrole nitrogens is 1. The summed E-state index contributed by atoms with van der Waals surface area (Å²) in [6, 6.07) is 11.3. The fraction of sp³-hybridized carbons (Fsp3) is 0.348. The average Bonchev–Trinajstić information content (AvgIpc) is 3.39. The fourth-order valence-electron chi connectivity index (χ4n) is 4.47. The molecule has 1 aromatic heterocycles. The van der Waals surface area contributed by atoms with Crippen LogP contribution in [-0.2, 0) is 11.2 Å². The van der Waals surface area contributed by atoms with E-state index in [9.17, 15) is 9.18 Å². The first-order chi connectivity index (χ1) is 14.7.